The van der Waals surface area contributed by atoms with Gasteiger partial charge in [-0.05, 0) is 31.0 Å². The second kappa shape index (κ2) is 6.68. The van der Waals surface area contributed by atoms with Gasteiger partial charge in [-0.2, -0.15) is 0 Å². The van der Waals surface area contributed by atoms with E-state index >= 15 is 0 Å². The molecule has 2 aromatic rings. The topological polar surface area (TPSA) is 28.2 Å². The predicted octanol–water partition coefficient (Wildman–Crippen LogP) is 3.45. The van der Waals surface area contributed by atoms with E-state index in [-0.39, 0.29) is 0 Å². The van der Waals surface area contributed by atoms with Crippen LogP contribution in [0.1, 0.15) is 30.3 Å². The van der Waals surface area contributed by atoms with Crippen LogP contribution in [-0.4, -0.2) is 18.6 Å². The summed E-state index contributed by atoms with van der Waals surface area (Å²) in [6.07, 6.45) is 1.86. The third-order valence-corrected chi connectivity index (χ3v) is 3.99. The number of nitrogens with one attached hydrogen (secondary N) is 1. The summed E-state index contributed by atoms with van der Waals surface area (Å²) in [7, 11) is 2.10. The van der Waals surface area contributed by atoms with Crippen molar-refractivity contribution in [1.29, 1.82) is 0 Å². The molecule has 102 valence electrons. The van der Waals surface area contributed by atoms with Crippen molar-refractivity contribution < 1.29 is 0 Å². The molecule has 0 amide bonds. The Morgan fingerprint density at radius 2 is 2.21 bits per heavy atom. The molecule has 4 heteroatoms. The van der Waals surface area contributed by atoms with Gasteiger partial charge in [0.1, 0.15) is 5.82 Å². The summed E-state index contributed by atoms with van der Waals surface area (Å²) in [5.74, 6) is 1.06. The molecule has 0 aliphatic heterocycles. The standard InChI is InChI=1S/C15H21N3S/c1-4-16-12(2)14-8-5-9-17-15(14)18(3)11-13-7-6-10-19-13/h5-10,12,16H,4,11H2,1-3H3. The number of hydrogen-bond acceptors (Lipinski definition) is 4. The number of pyridine rings is 1. The van der Waals surface area contributed by atoms with Gasteiger partial charge in [0.2, 0.25) is 0 Å². The summed E-state index contributed by atoms with van der Waals surface area (Å²) in [6.45, 7) is 6.18. The highest BCUT2D eigenvalue weighted by Crippen LogP contribution is 2.24. The number of hydrogen-bond donors (Lipinski definition) is 1. The summed E-state index contributed by atoms with van der Waals surface area (Å²) in [4.78, 5) is 8.13. The second-order valence-electron chi connectivity index (χ2n) is 4.63. The van der Waals surface area contributed by atoms with Crippen molar-refractivity contribution in [2.75, 3.05) is 18.5 Å². The van der Waals surface area contributed by atoms with Crippen molar-refractivity contribution in [3.63, 3.8) is 0 Å². The van der Waals surface area contributed by atoms with Crippen LogP contribution in [0.4, 0.5) is 5.82 Å². The van der Waals surface area contributed by atoms with E-state index in [9.17, 15) is 0 Å². The molecule has 19 heavy (non-hydrogen) atoms. The van der Waals surface area contributed by atoms with Crippen LogP contribution in [0.15, 0.2) is 35.8 Å². The van der Waals surface area contributed by atoms with Crippen LogP contribution in [0, 0.1) is 0 Å². The molecule has 0 bridgehead atoms. The van der Waals surface area contributed by atoms with E-state index in [0.29, 0.717) is 6.04 Å². The first-order valence-corrected chi connectivity index (χ1v) is 7.52. The summed E-state index contributed by atoms with van der Waals surface area (Å²) < 4.78 is 0. The monoisotopic (exact) mass is 275 g/mol. The van der Waals surface area contributed by atoms with Crippen LogP contribution in [0.3, 0.4) is 0 Å². The lowest BCUT2D eigenvalue weighted by atomic mass is 10.1. The van der Waals surface area contributed by atoms with Crippen molar-refractivity contribution in [3.05, 3.63) is 46.3 Å². The van der Waals surface area contributed by atoms with Crippen molar-refractivity contribution in [1.82, 2.24) is 10.3 Å². The van der Waals surface area contributed by atoms with E-state index < -0.39 is 0 Å². The van der Waals surface area contributed by atoms with Gasteiger partial charge in [0.05, 0.1) is 6.54 Å². The minimum atomic E-state index is 0.319. The Hall–Kier alpha value is -1.39. The Morgan fingerprint density at radius 1 is 1.37 bits per heavy atom. The minimum Gasteiger partial charge on any atom is -0.354 e. The molecule has 0 spiro atoms. The molecule has 2 rings (SSSR count). The van der Waals surface area contributed by atoms with Gasteiger partial charge in [0.25, 0.3) is 0 Å². The van der Waals surface area contributed by atoms with E-state index in [2.05, 4.69) is 59.7 Å². The zero-order chi connectivity index (χ0) is 13.7. The Labute approximate surface area is 119 Å². The van der Waals surface area contributed by atoms with Gasteiger partial charge in [-0.15, -0.1) is 11.3 Å². The molecule has 0 fully saturated rings. The van der Waals surface area contributed by atoms with Gasteiger partial charge in [0.15, 0.2) is 0 Å². The van der Waals surface area contributed by atoms with Crippen LogP contribution in [0.5, 0.6) is 0 Å². The molecule has 0 aliphatic rings. The molecule has 0 saturated carbocycles. The summed E-state index contributed by atoms with van der Waals surface area (Å²) >= 11 is 1.79. The zero-order valence-corrected chi connectivity index (χ0v) is 12.6. The molecular weight excluding hydrogens is 254 g/mol. The van der Waals surface area contributed by atoms with Crippen molar-refractivity contribution in [3.8, 4) is 0 Å². The van der Waals surface area contributed by atoms with Crippen molar-refractivity contribution in [2.24, 2.45) is 0 Å². The Bertz CT molecular complexity index is 496. The van der Waals surface area contributed by atoms with Crippen molar-refractivity contribution in [2.45, 2.75) is 26.4 Å². The number of nitrogens with zero attached hydrogens (tertiary/aromatic N) is 2. The predicted molar refractivity (Wildman–Crippen MR) is 82.8 cm³/mol. The van der Waals surface area contributed by atoms with E-state index in [1.54, 1.807) is 11.3 Å². The number of rotatable bonds is 6. The normalized spacial score (nSPS) is 12.4. The molecule has 0 radical (unpaired) electrons. The summed E-state index contributed by atoms with van der Waals surface area (Å²) in [5.41, 5.74) is 1.25. The van der Waals surface area contributed by atoms with Gasteiger partial charge >= 0.3 is 0 Å². The van der Waals surface area contributed by atoms with Crippen molar-refractivity contribution >= 4 is 17.2 Å². The highest BCUT2D eigenvalue weighted by atomic mass is 32.1. The molecule has 3 nitrogen and oxygen atoms in total. The first kappa shape index (κ1) is 14.0. The Balaban J connectivity index is 2.18. The fraction of sp³-hybridized carbons (Fsp3) is 0.400. The molecule has 0 aromatic carbocycles. The van der Waals surface area contributed by atoms with Gasteiger partial charge in [-0.25, -0.2) is 4.98 Å². The largest absolute Gasteiger partial charge is 0.354 e. The van der Waals surface area contributed by atoms with Crippen LogP contribution in [0.25, 0.3) is 0 Å². The molecule has 0 aliphatic carbocycles. The fourth-order valence-electron chi connectivity index (χ4n) is 2.19. The third-order valence-electron chi connectivity index (χ3n) is 3.13. The average Bonchev–Trinajstić information content (AvgIpc) is 2.92. The molecule has 0 saturated heterocycles. The van der Waals surface area contributed by atoms with E-state index in [0.717, 1.165) is 18.9 Å². The number of aromatic nitrogens is 1. The van der Waals surface area contributed by atoms with E-state index in [1.165, 1.54) is 10.4 Å². The van der Waals surface area contributed by atoms with Crippen LogP contribution < -0.4 is 10.2 Å². The fourth-order valence-corrected chi connectivity index (χ4v) is 2.95. The smallest absolute Gasteiger partial charge is 0.133 e. The lowest BCUT2D eigenvalue weighted by Crippen LogP contribution is -2.24. The first-order chi connectivity index (χ1) is 9.22. The number of thiophene rings is 1. The van der Waals surface area contributed by atoms with Crippen LogP contribution >= 0.6 is 11.3 Å². The quantitative estimate of drug-likeness (QED) is 0.875. The average molecular weight is 275 g/mol. The van der Waals surface area contributed by atoms with Gasteiger partial charge in [-0.1, -0.05) is 19.1 Å². The molecule has 1 unspecified atom stereocenters. The molecular formula is C15H21N3S. The van der Waals surface area contributed by atoms with Crippen LogP contribution in [-0.2, 0) is 6.54 Å². The van der Waals surface area contributed by atoms with E-state index in [1.807, 2.05) is 12.3 Å². The van der Waals surface area contributed by atoms with Gasteiger partial charge in [0, 0.05) is 29.7 Å². The van der Waals surface area contributed by atoms with Crippen LogP contribution in [0.2, 0.25) is 0 Å². The third kappa shape index (κ3) is 3.55. The van der Waals surface area contributed by atoms with E-state index in [4.69, 9.17) is 0 Å². The van der Waals surface area contributed by atoms with Gasteiger partial charge < -0.3 is 10.2 Å². The maximum Gasteiger partial charge on any atom is 0.133 e. The maximum atomic E-state index is 4.55. The maximum absolute atomic E-state index is 4.55. The highest BCUT2D eigenvalue weighted by Gasteiger charge is 2.14. The second-order valence-corrected chi connectivity index (χ2v) is 5.66. The van der Waals surface area contributed by atoms with Gasteiger partial charge in [-0.3, -0.25) is 0 Å². The summed E-state index contributed by atoms with van der Waals surface area (Å²) in [6, 6.07) is 8.73. The molecule has 1 atom stereocenters. The first-order valence-electron chi connectivity index (χ1n) is 6.64. The molecule has 2 aromatic heterocycles. The Morgan fingerprint density at radius 3 is 2.89 bits per heavy atom. The minimum absolute atomic E-state index is 0.319. The SMILES string of the molecule is CCNC(C)c1cccnc1N(C)Cc1cccs1. The summed E-state index contributed by atoms with van der Waals surface area (Å²) in [5, 5.41) is 5.57. The number of anilines is 1. The molecule has 1 N–H and O–H groups in total. The molecule has 2 heterocycles. The lowest BCUT2D eigenvalue weighted by molar-refractivity contribution is 0.594. The lowest BCUT2D eigenvalue weighted by Gasteiger charge is -2.23. The zero-order valence-electron chi connectivity index (χ0n) is 11.8. The highest BCUT2D eigenvalue weighted by molar-refractivity contribution is 7.09. The Kier molecular flexibility index (Phi) is 4.93.